The van der Waals surface area contributed by atoms with Crippen molar-refractivity contribution >= 4 is 20.8 Å². The van der Waals surface area contributed by atoms with E-state index in [1.807, 2.05) is 30.3 Å². The monoisotopic (exact) mass is 305 g/mol. The normalized spacial score (nSPS) is 24.3. The molecule has 0 aromatic heterocycles. The number of hydrogen-bond acceptors (Lipinski definition) is 3. The predicted octanol–water partition coefficient (Wildman–Crippen LogP) is 2.38. The topological polar surface area (TPSA) is 57.6 Å². The minimum atomic E-state index is -3.55. The average Bonchev–Trinajstić information content (AvgIpc) is 2.45. The van der Waals surface area contributed by atoms with E-state index in [1.54, 1.807) is 19.1 Å². The summed E-state index contributed by atoms with van der Waals surface area (Å²) >= 11 is 0. The number of fused-ring (bicyclic) bond motifs is 1. The highest BCUT2D eigenvalue weighted by atomic mass is 32.2. The standard InChI is InChI=1S/C16H19NO3S/c1-16(18)9-4-10-17(12-16)21(19,20)15-8-7-13-5-2-3-6-14(13)11-15/h2-3,5-8,11,18H,4,9-10,12H2,1H3. The lowest BCUT2D eigenvalue weighted by Crippen LogP contribution is -2.48. The fraction of sp³-hybridized carbons (Fsp3) is 0.375. The zero-order valence-electron chi connectivity index (χ0n) is 12.0. The molecule has 0 aliphatic carbocycles. The molecular formula is C16H19NO3S. The zero-order valence-corrected chi connectivity index (χ0v) is 12.8. The number of aliphatic hydroxyl groups is 1. The highest BCUT2D eigenvalue weighted by molar-refractivity contribution is 7.89. The number of rotatable bonds is 2. The van der Waals surface area contributed by atoms with Crippen LogP contribution in [0.1, 0.15) is 19.8 Å². The summed E-state index contributed by atoms with van der Waals surface area (Å²) in [6.07, 6.45) is 1.32. The van der Waals surface area contributed by atoms with Crippen LogP contribution >= 0.6 is 0 Å². The van der Waals surface area contributed by atoms with Gasteiger partial charge in [-0.05, 0) is 42.7 Å². The van der Waals surface area contributed by atoms with Gasteiger partial charge in [0.05, 0.1) is 10.5 Å². The van der Waals surface area contributed by atoms with Crippen molar-refractivity contribution in [3.63, 3.8) is 0 Å². The van der Waals surface area contributed by atoms with Crippen LogP contribution < -0.4 is 0 Å². The molecule has 1 atom stereocenters. The van der Waals surface area contributed by atoms with E-state index in [1.165, 1.54) is 4.31 Å². The number of β-amino-alcohol motifs (C(OH)–C–C–N with tert-alkyl or cyclic N) is 1. The average molecular weight is 305 g/mol. The van der Waals surface area contributed by atoms with E-state index in [-0.39, 0.29) is 6.54 Å². The van der Waals surface area contributed by atoms with Crippen LogP contribution in [0.2, 0.25) is 0 Å². The minimum absolute atomic E-state index is 0.155. The Balaban J connectivity index is 1.99. The highest BCUT2D eigenvalue weighted by Gasteiger charge is 2.35. The smallest absolute Gasteiger partial charge is 0.243 e. The SMILES string of the molecule is CC1(O)CCCN(S(=O)(=O)c2ccc3ccccc3c2)C1. The molecule has 1 saturated heterocycles. The van der Waals surface area contributed by atoms with E-state index in [9.17, 15) is 13.5 Å². The second-order valence-electron chi connectivity index (χ2n) is 5.95. The molecule has 2 aromatic rings. The maximum Gasteiger partial charge on any atom is 0.243 e. The lowest BCUT2D eigenvalue weighted by Gasteiger charge is -2.35. The third kappa shape index (κ3) is 2.81. The van der Waals surface area contributed by atoms with Crippen molar-refractivity contribution < 1.29 is 13.5 Å². The molecule has 21 heavy (non-hydrogen) atoms. The number of nitrogens with zero attached hydrogens (tertiary/aromatic N) is 1. The summed E-state index contributed by atoms with van der Waals surface area (Å²) in [7, 11) is -3.55. The van der Waals surface area contributed by atoms with E-state index < -0.39 is 15.6 Å². The van der Waals surface area contributed by atoms with Crippen molar-refractivity contribution in [2.75, 3.05) is 13.1 Å². The van der Waals surface area contributed by atoms with Crippen LogP contribution in [0.5, 0.6) is 0 Å². The van der Waals surface area contributed by atoms with Crippen LogP contribution in [-0.2, 0) is 10.0 Å². The van der Waals surface area contributed by atoms with E-state index in [0.717, 1.165) is 10.8 Å². The van der Waals surface area contributed by atoms with Gasteiger partial charge in [0.2, 0.25) is 10.0 Å². The van der Waals surface area contributed by atoms with Gasteiger partial charge < -0.3 is 5.11 Å². The maximum absolute atomic E-state index is 12.7. The van der Waals surface area contributed by atoms with Gasteiger partial charge in [-0.1, -0.05) is 30.3 Å². The van der Waals surface area contributed by atoms with Crippen LogP contribution in [0.4, 0.5) is 0 Å². The van der Waals surface area contributed by atoms with E-state index >= 15 is 0 Å². The summed E-state index contributed by atoms with van der Waals surface area (Å²) in [4.78, 5) is 0.291. The number of hydrogen-bond donors (Lipinski definition) is 1. The first-order chi connectivity index (χ1) is 9.88. The Morgan fingerprint density at radius 3 is 2.57 bits per heavy atom. The van der Waals surface area contributed by atoms with Gasteiger partial charge in [-0.3, -0.25) is 0 Å². The second-order valence-corrected chi connectivity index (χ2v) is 7.89. The van der Waals surface area contributed by atoms with Gasteiger partial charge in [-0.2, -0.15) is 4.31 Å². The van der Waals surface area contributed by atoms with Crippen molar-refractivity contribution in [3.05, 3.63) is 42.5 Å². The Labute approximate surface area is 125 Å². The molecule has 1 unspecified atom stereocenters. The third-order valence-corrected chi connectivity index (χ3v) is 5.84. The van der Waals surface area contributed by atoms with Crippen LogP contribution in [0.3, 0.4) is 0 Å². The molecule has 0 bridgehead atoms. The lowest BCUT2D eigenvalue weighted by molar-refractivity contribution is 0.00940. The van der Waals surface area contributed by atoms with Gasteiger partial charge in [0, 0.05) is 13.1 Å². The fourth-order valence-electron chi connectivity index (χ4n) is 2.86. The number of sulfonamides is 1. The van der Waals surface area contributed by atoms with Crippen molar-refractivity contribution in [1.29, 1.82) is 0 Å². The van der Waals surface area contributed by atoms with Crippen LogP contribution in [0.25, 0.3) is 10.8 Å². The Kier molecular flexibility index (Phi) is 3.51. The summed E-state index contributed by atoms with van der Waals surface area (Å²) in [5.41, 5.74) is -0.942. The summed E-state index contributed by atoms with van der Waals surface area (Å²) in [6.45, 7) is 2.31. The number of benzene rings is 2. The molecular weight excluding hydrogens is 286 g/mol. The number of piperidine rings is 1. The third-order valence-electron chi connectivity index (χ3n) is 4.00. The van der Waals surface area contributed by atoms with Gasteiger partial charge in [-0.25, -0.2) is 8.42 Å². The highest BCUT2D eigenvalue weighted by Crippen LogP contribution is 2.27. The summed E-state index contributed by atoms with van der Waals surface area (Å²) in [5, 5.41) is 12.0. The second kappa shape index (κ2) is 5.09. The van der Waals surface area contributed by atoms with Gasteiger partial charge >= 0.3 is 0 Å². The van der Waals surface area contributed by atoms with Gasteiger partial charge in [-0.15, -0.1) is 0 Å². The van der Waals surface area contributed by atoms with E-state index in [2.05, 4.69) is 0 Å². The molecule has 0 saturated carbocycles. The van der Waals surface area contributed by atoms with Crippen molar-refractivity contribution in [3.8, 4) is 0 Å². The van der Waals surface area contributed by atoms with Crippen LogP contribution in [0, 0.1) is 0 Å². The zero-order chi connectivity index (χ0) is 15.1. The first-order valence-electron chi connectivity index (χ1n) is 7.10. The molecule has 3 rings (SSSR count). The molecule has 4 nitrogen and oxygen atoms in total. The summed E-state index contributed by atoms with van der Waals surface area (Å²) < 4.78 is 26.9. The first-order valence-corrected chi connectivity index (χ1v) is 8.54. The molecule has 0 spiro atoms. The molecule has 1 fully saturated rings. The summed E-state index contributed by atoms with van der Waals surface area (Å²) in [5.74, 6) is 0. The van der Waals surface area contributed by atoms with Crippen LogP contribution in [-0.4, -0.2) is 36.5 Å². The molecule has 1 aliphatic rings. The van der Waals surface area contributed by atoms with Crippen LogP contribution in [0.15, 0.2) is 47.4 Å². The van der Waals surface area contributed by atoms with Gasteiger partial charge in [0.15, 0.2) is 0 Å². The summed E-state index contributed by atoms with van der Waals surface area (Å²) in [6, 6.07) is 12.8. The molecule has 0 radical (unpaired) electrons. The van der Waals surface area contributed by atoms with E-state index in [0.29, 0.717) is 24.3 Å². The molecule has 1 N–H and O–H groups in total. The van der Waals surface area contributed by atoms with Crippen molar-refractivity contribution in [2.45, 2.75) is 30.3 Å². The minimum Gasteiger partial charge on any atom is -0.389 e. The predicted molar refractivity (Wildman–Crippen MR) is 82.6 cm³/mol. The Hall–Kier alpha value is -1.43. The maximum atomic E-state index is 12.7. The molecule has 1 aliphatic heterocycles. The Morgan fingerprint density at radius 1 is 1.14 bits per heavy atom. The fourth-order valence-corrected chi connectivity index (χ4v) is 4.49. The molecule has 112 valence electrons. The molecule has 0 amide bonds. The molecule has 1 heterocycles. The molecule has 5 heteroatoms. The lowest BCUT2D eigenvalue weighted by atomic mass is 9.97. The van der Waals surface area contributed by atoms with Gasteiger partial charge in [0.25, 0.3) is 0 Å². The van der Waals surface area contributed by atoms with Gasteiger partial charge in [0.1, 0.15) is 0 Å². The van der Waals surface area contributed by atoms with Crippen molar-refractivity contribution in [1.82, 2.24) is 4.31 Å². The first kappa shape index (κ1) is 14.5. The van der Waals surface area contributed by atoms with Crippen molar-refractivity contribution in [2.24, 2.45) is 0 Å². The Morgan fingerprint density at radius 2 is 1.86 bits per heavy atom. The Bertz CT molecular complexity index is 768. The van der Waals surface area contributed by atoms with E-state index in [4.69, 9.17) is 0 Å². The quantitative estimate of drug-likeness (QED) is 0.927. The molecule has 2 aromatic carbocycles. The largest absolute Gasteiger partial charge is 0.389 e.